The van der Waals surface area contributed by atoms with Crippen LogP contribution in [0.5, 0.6) is 0 Å². The summed E-state index contributed by atoms with van der Waals surface area (Å²) in [7, 11) is 0. The second-order valence-corrected chi connectivity index (χ2v) is 6.66. The van der Waals surface area contributed by atoms with Crippen LogP contribution in [0.25, 0.3) is 10.6 Å². The molecule has 0 radical (unpaired) electrons. The highest BCUT2D eigenvalue weighted by atomic mass is 79.9. The van der Waals surface area contributed by atoms with E-state index >= 15 is 0 Å². The third kappa shape index (κ3) is 2.62. The quantitative estimate of drug-likeness (QED) is 0.910. The number of nitrogens with zero attached hydrogens (tertiary/aromatic N) is 1. The van der Waals surface area contributed by atoms with E-state index in [-0.39, 0.29) is 11.5 Å². The van der Waals surface area contributed by atoms with Crippen molar-refractivity contribution in [1.29, 1.82) is 0 Å². The van der Waals surface area contributed by atoms with Gasteiger partial charge in [-0.05, 0) is 46.1 Å². The van der Waals surface area contributed by atoms with E-state index in [0.717, 1.165) is 14.4 Å². The zero-order valence-corrected chi connectivity index (χ0v) is 12.4. The van der Waals surface area contributed by atoms with Gasteiger partial charge >= 0.3 is 5.97 Å². The molecule has 0 unspecified atom stereocenters. The monoisotopic (exact) mass is 325 g/mol. The molecule has 0 saturated heterocycles. The summed E-state index contributed by atoms with van der Waals surface area (Å²) in [6.45, 7) is 3.89. The van der Waals surface area contributed by atoms with Gasteiger partial charge in [0.25, 0.3) is 0 Å². The first kappa shape index (κ1) is 13.2. The molecule has 2 aromatic heterocycles. The first-order valence-corrected chi connectivity index (χ1v) is 7.10. The summed E-state index contributed by atoms with van der Waals surface area (Å²) < 4.78 is 1.03. The molecule has 0 aliphatic carbocycles. The van der Waals surface area contributed by atoms with Crippen molar-refractivity contribution in [3.8, 4) is 10.6 Å². The lowest BCUT2D eigenvalue weighted by atomic mass is 10.0. The van der Waals surface area contributed by atoms with Gasteiger partial charge in [-0.25, -0.2) is 4.79 Å². The zero-order valence-electron chi connectivity index (χ0n) is 9.98. The number of carbonyl (C=O) groups is 1. The molecular formula is C13H12BrNO2S. The van der Waals surface area contributed by atoms with Crippen LogP contribution in [0.3, 0.4) is 0 Å². The van der Waals surface area contributed by atoms with E-state index in [1.807, 2.05) is 26.0 Å². The molecule has 3 nitrogen and oxygen atoms in total. The van der Waals surface area contributed by atoms with Crippen molar-refractivity contribution in [1.82, 2.24) is 4.98 Å². The third-order valence-electron chi connectivity index (χ3n) is 2.53. The van der Waals surface area contributed by atoms with Crippen molar-refractivity contribution in [2.45, 2.75) is 19.8 Å². The Kier molecular flexibility index (Phi) is 3.82. The maximum atomic E-state index is 11.1. The first-order valence-electron chi connectivity index (χ1n) is 5.49. The minimum atomic E-state index is -0.926. The molecule has 94 valence electrons. The molecule has 0 aliphatic rings. The Labute approximate surface area is 118 Å². The van der Waals surface area contributed by atoms with Crippen LogP contribution in [-0.4, -0.2) is 16.1 Å². The van der Waals surface area contributed by atoms with Crippen molar-refractivity contribution in [3.63, 3.8) is 0 Å². The molecule has 5 heteroatoms. The van der Waals surface area contributed by atoms with Gasteiger partial charge in [0.15, 0.2) is 0 Å². The molecule has 0 bridgehead atoms. The van der Waals surface area contributed by atoms with E-state index in [9.17, 15) is 4.79 Å². The Balaban J connectivity index is 2.53. The maximum Gasteiger partial charge on any atom is 0.337 e. The van der Waals surface area contributed by atoms with Crippen molar-refractivity contribution in [3.05, 3.63) is 39.3 Å². The molecule has 1 N–H and O–H groups in total. The number of hydrogen-bond acceptors (Lipinski definition) is 3. The number of carboxylic acids is 1. The van der Waals surface area contributed by atoms with Crippen LogP contribution < -0.4 is 0 Å². The molecule has 2 aromatic rings. The molecule has 0 atom stereocenters. The minimum absolute atomic E-state index is 0.0828. The molecule has 0 spiro atoms. The predicted molar refractivity (Wildman–Crippen MR) is 76.3 cm³/mol. The van der Waals surface area contributed by atoms with Gasteiger partial charge < -0.3 is 5.11 Å². The second-order valence-electron chi connectivity index (χ2n) is 4.19. The molecule has 0 amide bonds. The zero-order chi connectivity index (χ0) is 13.3. The van der Waals surface area contributed by atoms with Gasteiger partial charge in [0.2, 0.25) is 0 Å². The van der Waals surface area contributed by atoms with E-state index in [0.29, 0.717) is 5.69 Å². The Morgan fingerprint density at radius 2 is 2.06 bits per heavy atom. The molecule has 0 saturated carbocycles. The van der Waals surface area contributed by atoms with Gasteiger partial charge in [-0.3, -0.25) is 4.98 Å². The largest absolute Gasteiger partial charge is 0.478 e. The van der Waals surface area contributed by atoms with Crippen LogP contribution in [0.1, 0.15) is 35.8 Å². The van der Waals surface area contributed by atoms with Crippen LogP contribution >= 0.6 is 27.3 Å². The van der Waals surface area contributed by atoms with Crippen LogP contribution in [0.2, 0.25) is 0 Å². The van der Waals surface area contributed by atoms with Gasteiger partial charge in [0.05, 0.1) is 25.6 Å². The van der Waals surface area contributed by atoms with E-state index in [1.54, 1.807) is 23.5 Å². The molecule has 2 rings (SSSR count). The number of aromatic nitrogens is 1. The van der Waals surface area contributed by atoms with E-state index in [1.165, 1.54) is 0 Å². The number of hydrogen-bond donors (Lipinski definition) is 1. The Bertz CT molecular complexity index is 592. The minimum Gasteiger partial charge on any atom is -0.478 e. The van der Waals surface area contributed by atoms with Gasteiger partial charge in [-0.15, -0.1) is 11.3 Å². The fourth-order valence-corrected chi connectivity index (χ4v) is 3.04. The lowest BCUT2D eigenvalue weighted by Crippen LogP contribution is -2.06. The van der Waals surface area contributed by atoms with E-state index < -0.39 is 5.97 Å². The van der Waals surface area contributed by atoms with Gasteiger partial charge in [-0.1, -0.05) is 13.8 Å². The highest BCUT2D eigenvalue weighted by molar-refractivity contribution is 9.11. The molecule has 18 heavy (non-hydrogen) atoms. The number of carboxylic acid groups (broad SMARTS) is 1. The summed E-state index contributed by atoms with van der Waals surface area (Å²) in [4.78, 5) is 16.6. The average Bonchev–Trinajstić information content (AvgIpc) is 2.75. The second kappa shape index (κ2) is 5.20. The maximum absolute atomic E-state index is 11.1. The Morgan fingerprint density at radius 3 is 2.56 bits per heavy atom. The SMILES string of the molecule is CC(C)c1nc(-c2ccc(Br)s2)ccc1C(=O)O. The number of pyridine rings is 1. The molecule has 0 aromatic carbocycles. The summed E-state index contributed by atoms with van der Waals surface area (Å²) in [5, 5.41) is 9.14. The smallest absolute Gasteiger partial charge is 0.337 e. The summed E-state index contributed by atoms with van der Waals surface area (Å²) in [5.74, 6) is -0.843. The predicted octanol–water partition coefficient (Wildman–Crippen LogP) is 4.39. The van der Waals surface area contributed by atoms with E-state index in [4.69, 9.17) is 5.11 Å². The van der Waals surface area contributed by atoms with Gasteiger partial charge in [-0.2, -0.15) is 0 Å². The molecule has 0 fully saturated rings. The van der Waals surface area contributed by atoms with Crippen LogP contribution in [0, 0.1) is 0 Å². The van der Waals surface area contributed by atoms with Crippen LogP contribution in [-0.2, 0) is 0 Å². The number of thiophene rings is 1. The summed E-state index contributed by atoms with van der Waals surface area (Å²) in [5.41, 5.74) is 1.73. The topological polar surface area (TPSA) is 50.2 Å². The van der Waals surface area contributed by atoms with E-state index in [2.05, 4.69) is 20.9 Å². The highest BCUT2D eigenvalue weighted by Gasteiger charge is 2.16. The van der Waals surface area contributed by atoms with Crippen LogP contribution in [0.4, 0.5) is 0 Å². The standard InChI is InChI=1S/C13H12BrNO2S/c1-7(2)12-8(13(16)17)3-4-9(15-12)10-5-6-11(14)18-10/h3-7H,1-2H3,(H,16,17). The van der Waals surface area contributed by atoms with Crippen molar-refractivity contribution in [2.75, 3.05) is 0 Å². The lowest BCUT2D eigenvalue weighted by molar-refractivity contribution is 0.0694. The molecular weight excluding hydrogens is 314 g/mol. The summed E-state index contributed by atoms with van der Waals surface area (Å²) in [6.07, 6.45) is 0. The number of rotatable bonds is 3. The van der Waals surface area contributed by atoms with Gasteiger partial charge in [0.1, 0.15) is 0 Å². The van der Waals surface area contributed by atoms with Crippen LogP contribution in [0.15, 0.2) is 28.1 Å². The normalized spacial score (nSPS) is 10.9. The fraction of sp³-hybridized carbons (Fsp3) is 0.231. The Hall–Kier alpha value is -1.20. The first-order chi connectivity index (χ1) is 8.49. The highest BCUT2D eigenvalue weighted by Crippen LogP contribution is 2.31. The average molecular weight is 326 g/mol. The van der Waals surface area contributed by atoms with Crippen molar-refractivity contribution in [2.24, 2.45) is 0 Å². The lowest BCUT2D eigenvalue weighted by Gasteiger charge is -2.10. The van der Waals surface area contributed by atoms with Crippen molar-refractivity contribution < 1.29 is 9.90 Å². The Morgan fingerprint density at radius 1 is 1.33 bits per heavy atom. The number of aromatic carboxylic acids is 1. The molecule has 2 heterocycles. The van der Waals surface area contributed by atoms with Crippen molar-refractivity contribution >= 4 is 33.2 Å². The number of halogens is 1. The summed E-state index contributed by atoms with van der Waals surface area (Å²) >= 11 is 4.99. The fourth-order valence-electron chi connectivity index (χ4n) is 1.69. The van der Waals surface area contributed by atoms with Gasteiger partial charge in [0, 0.05) is 0 Å². The summed E-state index contributed by atoms with van der Waals surface area (Å²) in [6, 6.07) is 7.32. The third-order valence-corrected chi connectivity index (χ3v) is 4.17. The molecule has 0 aliphatic heterocycles.